The van der Waals surface area contributed by atoms with Gasteiger partial charge in [-0.2, -0.15) is 0 Å². The van der Waals surface area contributed by atoms with E-state index in [-0.39, 0.29) is 11.9 Å². The molecule has 1 N–H and O–H groups in total. The van der Waals surface area contributed by atoms with Crippen molar-refractivity contribution in [1.29, 1.82) is 0 Å². The first-order valence-corrected chi connectivity index (χ1v) is 8.91. The van der Waals surface area contributed by atoms with Gasteiger partial charge >= 0.3 is 0 Å². The maximum absolute atomic E-state index is 13.4. The summed E-state index contributed by atoms with van der Waals surface area (Å²) in [5, 5.41) is 3.42. The molecule has 0 amide bonds. The minimum Gasteiger partial charge on any atom is -0.497 e. The molecule has 0 heterocycles. The zero-order valence-electron chi connectivity index (χ0n) is 16.7. The zero-order valence-corrected chi connectivity index (χ0v) is 16.7. The number of likely N-dealkylation sites (N-methyl/N-ethyl adjacent to an activating group) is 1. The highest BCUT2D eigenvalue weighted by Crippen LogP contribution is 2.20. The Labute approximate surface area is 161 Å². The van der Waals surface area contributed by atoms with Gasteiger partial charge in [0.25, 0.3) is 0 Å². The van der Waals surface area contributed by atoms with Gasteiger partial charge in [0.1, 0.15) is 11.6 Å². The number of methoxy groups -OCH3 is 1. The molecule has 27 heavy (non-hydrogen) atoms. The van der Waals surface area contributed by atoms with Gasteiger partial charge in [0.2, 0.25) is 0 Å². The molecule has 0 spiro atoms. The van der Waals surface area contributed by atoms with Crippen molar-refractivity contribution in [2.45, 2.75) is 12.6 Å². The summed E-state index contributed by atoms with van der Waals surface area (Å²) in [6, 6.07) is 14.9. The summed E-state index contributed by atoms with van der Waals surface area (Å²) in [6.07, 6.45) is 0. The van der Waals surface area contributed by atoms with Crippen molar-refractivity contribution in [2.24, 2.45) is 4.99 Å². The lowest BCUT2D eigenvalue weighted by Crippen LogP contribution is -2.42. The Balaban J connectivity index is 2.02. The lowest BCUT2D eigenvalue weighted by atomic mass is 10.1. The number of aliphatic imine (C=N–C) groups is 1. The van der Waals surface area contributed by atoms with Gasteiger partial charge in [-0.15, -0.1) is 0 Å². The molecule has 2 aromatic rings. The monoisotopic (exact) mass is 372 g/mol. The largest absolute Gasteiger partial charge is 0.497 e. The topological polar surface area (TPSA) is 40.1 Å². The maximum atomic E-state index is 13.4. The number of ether oxygens (including phenoxy) is 1. The average Bonchev–Trinajstić information content (AvgIpc) is 2.65. The predicted molar refractivity (Wildman–Crippen MR) is 109 cm³/mol. The molecule has 0 saturated heterocycles. The van der Waals surface area contributed by atoms with Crippen LogP contribution < -0.4 is 10.1 Å². The minimum atomic E-state index is -0.226. The van der Waals surface area contributed by atoms with E-state index in [1.54, 1.807) is 26.3 Å². The SMILES string of the molecule is CN=C(NCC(c1ccc(OC)cc1)N(C)C)N(C)Cc1cccc(F)c1. The van der Waals surface area contributed by atoms with E-state index in [9.17, 15) is 4.39 Å². The highest BCUT2D eigenvalue weighted by atomic mass is 19.1. The molecular formula is C21H29FN4O. The number of nitrogens with zero attached hydrogens (tertiary/aromatic N) is 3. The molecule has 1 atom stereocenters. The highest BCUT2D eigenvalue weighted by Gasteiger charge is 2.16. The van der Waals surface area contributed by atoms with Crippen LogP contribution in [0.2, 0.25) is 0 Å². The minimum absolute atomic E-state index is 0.176. The van der Waals surface area contributed by atoms with Gasteiger partial charge in [-0.05, 0) is 49.5 Å². The Hall–Kier alpha value is -2.60. The number of hydrogen-bond donors (Lipinski definition) is 1. The van der Waals surface area contributed by atoms with Gasteiger partial charge in [0, 0.05) is 27.2 Å². The van der Waals surface area contributed by atoms with Crippen LogP contribution in [0.3, 0.4) is 0 Å². The summed E-state index contributed by atoms with van der Waals surface area (Å²) in [5.41, 5.74) is 2.09. The van der Waals surface area contributed by atoms with Gasteiger partial charge in [-0.1, -0.05) is 24.3 Å². The first-order valence-electron chi connectivity index (χ1n) is 8.91. The summed E-state index contributed by atoms with van der Waals surface area (Å²) in [5.74, 6) is 1.38. The van der Waals surface area contributed by atoms with E-state index in [0.29, 0.717) is 13.1 Å². The molecule has 2 rings (SSSR count). The first-order chi connectivity index (χ1) is 12.9. The molecule has 5 nitrogen and oxygen atoms in total. The molecule has 0 aliphatic carbocycles. The van der Waals surface area contributed by atoms with E-state index in [4.69, 9.17) is 4.74 Å². The number of benzene rings is 2. The lowest BCUT2D eigenvalue weighted by Gasteiger charge is -2.28. The van der Waals surface area contributed by atoms with Crippen LogP contribution in [0.15, 0.2) is 53.5 Å². The van der Waals surface area contributed by atoms with E-state index in [1.165, 1.54) is 11.6 Å². The van der Waals surface area contributed by atoms with Crippen molar-refractivity contribution in [2.75, 3.05) is 41.8 Å². The van der Waals surface area contributed by atoms with Crippen molar-refractivity contribution < 1.29 is 9.13 Å². The van der Waals surface area contributed by atoms with Gasteiger partial charge in [-0.3, -0.25) is 4.99 Å². The third-order valence-electron chi connectivity index (χ3n) is 4.46. The third kappa shape index (κ3) is 5.96. The molecule has 0 aromatic heterocycles. The van der Waals surface area contributed by atoms with Crippen molar-refractivity contribution in [1.82, 2.24) is 15.1 Å². The van der Waals surface area contributed by atoms with E-state index < -0.39 is 0 Å². The average molecular weight is 372 g/mol. The highest BCUT2D eigenvalue weighted by molar-refractivity contribution is 5.79. The van der Waals surface area contributed by atoms with E-state index in [2.05, 4.69) is 41.4 Å². The fourth-order valence-electron chi connectivity index (χ4n) is 2.98. The molecule has 0 aliphatic heterocycles. The smallest absolute Gasteiger partial charge is 0.193 e. The fraction of sp³-hybridized carbons (Fsp3) is 0.381. The summed E-state index contributed by atoms with van der Waals surface area (Å²) in [6.45, 7) is 1.27. The molecule has 0 radical (unpaired) electrons. The van der Waals surface area contributed by atoms with Crippen LogP contribution >= 0.6 is 0 Å². The molecular weight excluding hydrogens is 343 g/mol. The molecule has 1 unspecified atom stereocenters. The van der Waals surface area contributed by atoms with Gasteiger partial charge in [-0.25, -0.2) is 4.39 Å². The second-order valence-corrected chi connectivity index (χ2v) is 6.67. The number of halogens is 1. The Kier molecular flexibility index (Phi) is 7.61. The summed E-state index contributed by atoms with van der Waals surface area (Å²) >= 11 is 0. The van der Waals surface area contributed by atoms with Crippen molar-refractivity contribution in [3.8, 4) is 5.75 Å². The number of hydrogen-bond acceptors (Lipinski definition) is 3. The quantitative estimate of drug-likeness (QED) is 0.599. The van der Waals surface area contributed by atoms with E-state index in [1.807, 2.05) is 30.1 Å². The Morgan fingerprint density at radius 1 is 1.15 bits per heavy atom. The van der Waals surface area contributed by atoms with Crippen molar-refractivity contribution in [3.63, 3.8) is 0 Å². The summed E-state index contributed by atoms with van der Waals surface area (Å²) < 4.78 is 18.6. The second kappa shape index (κ2) is 9.92. The summed E-state index contributed by atoms with van der Waals surface area (Å²) in [7, 11) is 9.46. The molecule has 0 bridgehead atoms. The normalized spacial score (nSPS) is 12.8. The van der Waals surface area contributed by atoms with Crippen LogP contribution in [0.5, 0.6) is 5.75 Å². The number of nitrogens with one attached hydrogen (secondary N) is 1. The third-order valence-corrected chi connectivity index (χ3v) is 4.46. The Bertz CT molecular complexity index is 746. The lowest BCUT2D eigenvalue weighted by molar-refractivity contribution is 0.295. The van der Waals surface area contributed by atoms with Crippen LogP contribution in [0.4, 0.5) is 4.39 Å². The van der Waals surface area contributed by atoms with Gasteiger partial charge in [0.15, 0.2) is 5.96 Å². The first kappa shape index (κ1) is 20.7. The molecule has 146 valence electrons. The van der Waals surface area contributed by atoms with E-state index in [0.717, 1.165) is 17.3 Å². The molecule has 2 aromatic carbocycles. The van der Waals surface area contributed by atoms with Crippen molar-refractivity contribution in [3.05, 3.63) is 65.5 Å². The zero-order chi connectivity index (χ0) is 19.8. The van der Waals surface area contributed by atoms with Crippen LogP contribution in [-0.2, 0) is 6.54 Å². The predicted octanol–water partition coefficient (Wildman–Crippen LogP) is 3.14. The number of guanidine groups is 1. The van der Waals surface area contributed by atoms with Crippen LogP contribution in [0, 0.1) is 5.82 Å². The fourth-order valence-corrected chi connectivity index (χ4v) is 2.98. The van der Waals surface area contributed by atoms with Gasteiger partial charge in [0.05, 0.1) is 13.2 Å². The van der Waals surface area contributed by atoms with Crippen molar-refractivity contribution >= 4 is 5.96 Å². The standard InChI is InChI=1S/C21H29FN4O/c1-23-21(26(4)15-16-7-6-8-18(22)13-16)24-14-20(25(2)3)17-9-11-19(27-5)12-10-17/h6-13,20H,14-15H2,1-5H3,(H,23,24). The van der Waals surface area contributed by atoms with E-state index >= 15 is 0 Å². The number of rotatable bonds is 7. The van der Waals surface area contributed by atoms with Crippen LogP contribution in [0.25, 0.3) is 0 Å². The second-order valence-electron chi connectivity index (χ2n) is 6.67. The van der Waals surface area contributed by atoms with Crippen LogP contribution in [0.1, 0.15) is 17.2 Å². The summed E-state index contributed by atoms with van der Waals surface area (Å²) in [4.78, 5) is 8.50. The Morgan fingerprint density at radius 3 is 2.41 bits per heavy atom. The molecule has 0 fully saturated rings. The maximum Gasteiger partial charge on any atom is 0.193 e. The van der Waals surface area contributed by atoms with Crippen LogP contribution in [-0.4, -0.2) is 57.6 Å². The molecule has 0 aliphatic rings. The Morgan fingerprint density at radius 2 is 1.85 bits per heavy atom. The molecule has 6 heteroatoms. The van der Waals surface area contributed by atoms with Gasteiger partial charge < -0.3 is 19.9 Å². The molecule has 0 saturated carbocycles.